The van der Waals surface area contributed by atoms with E-state index in [1.165, 1.54) is 69.9 Å². The van der Waals surface area contributed by atoms with Crippen LogP contribution in [0.25, 0.3) is 11.1 Å². The van der Waals surface area contributed by atoms with Crippen molar-refractivity contribution in [1.29, 1.82) is 0 Å². The second-order valence-electron chi connectivity index (χ2n) is 5.41. The molecule has 0 amide bonds. The Kier molecular flexibility index (Phi) is 7.56. The van der Waals surface area contributed by atoms with Crippen molar-refractivity contribution in [2.75, 3.05) is 25.6 Å². The van der Waals surface area contributed by atoms with Crippen molar-refractivity contribution in [3.8, 4) is 16.9 Å². The standard InChI is InChI=1S/C12H9ClFN3O2.C5H11N/c1-19-11-3-2-7(14)4-9(11)8-5-12(16-17-18)15-6-10(8)13;1-2-4-6-5-3-1/h2-6H,1H3,(H,15,16,18);6H,1-5H2. The molecule has 0 saturated carbocycles. The normalized spacial score (nSPS) is 13.4. The summed E-state index contributed by atoms with van der Waals surface area (Å²) in [6.07, 6.45) is 5.56. The van der Waals surface area contributed by atoms with Gasteiger partial charge in [0.25, 0.3) is 0 Å². The molecule has 8 heteroatoms. The molecule has 0 spiro atoms. The number of ether oxygens (including phenoxy) is 1. The van der Waals surface area contributed by atoms with E-state index in [0.29, 0.717) is 21.9 Å². The topological polar surface area (TPSA) is 75.6 Å². The molecule has 1 aliphatic heterocycles. The quantitative estimate of drug-likeness (QED) is 0.619. The Morgan fingerprint density at radius 3 is 2.56 bits per heavy atom. The van der Waals surface area contributed by atoms with Crippen LogP contribution in [0.2, 0.25) is 5.02 Å². The zero-order chi connectivity index (χ0) is 18.1. The van der Waals surface area contributed by atoms with E-state index in [1.54, 1.807) is 0 Å². The molecule has 25 heavy (non-hydrogen) atoms. The summed E-state index contributed by atoms with van der Waals surface area (Å²) in [6.45, 7) is 2.50. The van der Waals surface area contributed by atoms with Crippen molar-refractivity contribution in [1.82, 2.24) is 10.3 Å². The lowest BCUT2D eigenvalue weighted by atomic mass is 10.1. The average Bonchev–Trinajstić information content (AvgIpc) is 2.65. The second-order valence-corrected chi connectivity index (χ2v) is 5.81. The van der Waals surface area contributed by atoms with Crippen LogP contribution in [-0.4, -0.2) is 25.2 Å². The van der Waals surface area contributed by atoms with Crippen molar-refractivity contribution in [3.63, 3.8) is 0 Å². The van der Waals surface area contributed by atoms with Crippen LogP contribution in [0.3, 0.4) is 0 Å². The summed E-state index contributed by atoms with van der Waals surface area (Å²) >= 11 is 6.04. The number of hydrogen-bond donors (Lipinski definition) is 2. The van der Waals surface area contributed by atoms with Crippen LogP contribution in [0.1, 0.15) is 19.3 Å². The highest BCUT2D eigenvalue weighted by atomic mass is 35.5. The van der Waals surface area contributed by atoms with Gasteiger partial charge in [0.05, 0.1) is 17.4 Å². The molecule has 6 nitrogen and oxygen atoms in total. The number of aromatic nitrogens is 1. The number of nitrogens with zero attached hydrogens (tertiary/aromatic N) is 2. The van der Waals surface area contributed by atoms with Crippen molar-refractivity contribution in [3.05, 3.63) is 46.2 Å². The number of nitrogens with one attached hydrogen (secondary N) is 2. The van der Waals surface area contributed by atoms with Crippen molar-refractivity contribution >= 4 is 17.4 Å². The SMILES string of the molecule is C1CCNCC1.COc1ccc(F)cc1-c1cc(NN=O)ncc1Cl. The minimum atomic E-state index is -0.424. The van der Waals surface area contributed by atoms with Crippen LogP contribution in [0.4, 0.5) is 10.2 Å². The molecular formula is C17H20ClFN4O2. The lowest BCUT2D eigenvalue weighted by Gasteiger charge is -2.11. The number of rotatable bonds is 4. The molecule has 0 radical (unpaired) electrons. The molecule has 1 fully saturated rings. The predicted octanol–water partition coefficient (Wildman–Crippen LogP) is 4.40. The summed E-state index contributed by atoms with van der Waals surface area (Å²) in [5.41, 5.74) is 3.11. The first-order chi connectivity index (χ1) is 12.2. The lowest BCUT2D eigenvalue weighted by molar-refractivity contribution is 0.415. The zero-order valence-electron chi connectivity index (χ0n) is 13.9. The fraction of sp³-hybridized carbons (Fsp3) is 0.353. The summed E-state index contributed by atoms with van der Waals surface area (Å²) in [5, 5.41) is 6.11. The van der Waals surface area contributed by atoms with E-state index in [2.05, 4.69) is 21.0 Å². The second kappa shape index (κ2) is 9.90. The number of piperidine rings is 1. The predicted molar refractivity (Wildman–Crippen MR) is 97.3 cm³/mol. The van der Waals surface area contributed by atoms with Gasteiger partial charge in [-0.1, -0.05) is 18.0 Å². The molecule has 0 atom stereocenters. The van der Waals surface area contributed by atoms with Gasteiger partial charge in [0.15, 0.2) is 0 Å². The van der Waals surface area contributed by atoms with E-state index in [9.17, 15) is 9.30 Å². The van der Waals surface area contributed by atoms with Gasteiger partial charge in [0, 0.05) is 17.3 Å². The van der Waals surface area contributed by atoms with Crippen molar-refractivity contribution in [2.45, 2.75) is 19.3 Å². The Bertz CT molecular complexity index is 700. The Labute approximate surface area is 150 Å². The van der Waals surface area contributed by atoms with Crippen molar-refractivity contribution < 1.29 is 9.13 Å². The van der Waals surface area contributed by atoms with Gasteiger partial charge < -0.3 is 10.1 Å². The number of nitroso groups, excluding NO2 is 1. The van der Waals surface area contributed by atoms with Crippen LogP contribution in [0.5, 0.6) is 5.75 Å². The largest absolute Gasteiger partial charge is 0.496 e. The van der Waals surface area contributed by atoms with Crippen molar-refractivity contribution in [2.24, 2.45) is 5.29 Å². The number of halogens is 2. The average molecular weight is 367 g/mol. The van der Waals surface area contributed by atoms with Gasteiger partial charge >= 0.3 is 0 Å². The van der Waals surface area contributed by atoms with Gasteiger partial charge in [-0.2, -0.15) is 0 Å². The third-order valence-electron chi connectivity index (χ3n) is 3.67. The third kappa shape index (κ3) is 5.65. The van der Waals surface area contributed by atoms with E-state index in [0.717, 1.165) is 0 Å². The lowest BCUT2D eigenvalue weighted by Crippen LogP contribution is -2.21. The van der Waals surface area contributed by atoms with Gasteiger partial charge in [-0.3, -0.25) is 0 Å². The van der Waals surface area contributed by atoms with Gasteiger partial charge in [0.1, 0.15) is 17.4 Å². The summed E-state index contributed by atoms with van der Waals surface area (Å²) in [6, 6.07) is 5.55. The van der Waals surface area contributed by atoms with Gasteiger partial charge in [-0.05, 0) is 50.2 Å². The summed E-state index contributed by atoms with van der Waals surface area (Å²) in [7, 11) is 1.47. The Hall–Kier alpha value is -2.25. The Morgan fingerprint density at radius 1 is 1.24 bits per heavy atom. The number of pyridine rings is 1. The molecule has 2 heterocycles. The van der Waals surface area contributed by atoms with E-state index in [1.807, 2.05) is 0 Å². The van der Waals surface area contributed by atoms with Gasteiger partial charge in [-0.15, -0.1) is 4.91 Å². The highest BCUT2D eigenvalue weighted by Gasteiger charge is 2.12. The van der Waals surface area contributed by atoms with Crippen LogP contribution in [-0.2, 0) is 0 Å². The molecule has 134 valence electrons. The minimum absolute atomic E-state index is 0.209. The van der Waals surface area contributed by atoms with E-state index in [4.69, 9.17) is 16.3 Å². The molecule has 0 aliphatic carbocycles. The molecule has 2 aromatic rings. The zero-order valence-corrected chi connectivity index (χ0v) is 14.6. The Morgan fingerprint density at radius 2 is 2.00 bits per heavy atom. The summed E-state index contributed by atoms with van der Waals surface area (Å²) in [5.74, 6) is 0.243. The number of hydrogen-bond acceptors (Lipinski definition) is 5. The maximum absolute atomic E-state index is 13.4. The van der Waals surface area contributed by atoms with Crippen LogP contribution in [0, 0.1) is 10.7 Å². The third-order valence-corrected chi connectivity index (χ3v) is 3.98. The fourth-order valence-electron chi connectivity index (χ4n) is 2.45. The van der Waals surface area contributed by atoms with Gasteiger partial charge in [0.2, 0.25) is 0 Å². The highest BCUT2D eigenvalue weighted by molar-refractivity contribution is 6.33. The van der Waals surface area contributed by atoms with Gasteiger partial charge in [-0.25, -0.2) is 14.8 Å². The molecular weight excluding hydrogens is 347 g/mol. The van der Waals surface area contributed by atoms with E-state index in [-0.39, 0.29) is 5.82 Å². The fourth-order valence-corrected chi connectivity index (χ4v) is 2.65. The summed E-state index contributed by atoms with van der Waals surface area (Å²) in [4.78, 5) is 14.0. The maximum Gasteiger partial charge on any atom is 0.149 e. The molecule has 0 unspecified atom stereocenters. The molecule has 1 aliphatic rings. The highest BCUT2D eigenvalue weighted by Crippen LogP contribution is 2.36. The number of benzene rings is 1. The summed E-state index contributed by atoms with van der Waals surface area (Å²) < 4.78 is 18.5. The molecule has 2 N–H and O–H groups in total. The molecule has 1 saturated heterocycles. The molecule has 1 aromatic heterocycles. The first-order valence-electron chi connectivity index (χ1n) is 7.94. The molecule has 1 aromatic carbocycles. The monoisotopic (exact) mass is 366 g/mol. The van der Waals surface area contributed by atoms with Crippen LogP contribution in [0.15, 0.2) is 35.7 Å². The number of methoxy groups -OCH3 is 1. The van der Waals surface area contributed by atoms with Crippen LogP contribution >= 0.6 is 11.6 Å². The smallest absolute Gasteiger partial charge is 0.149 e. The molecule has 0 bridgehead atoms. The first-order valence-corrected chi connectivity index (χ1v) is 8.32. The van der Waals surface area contributed by atoms with E-state index < -0.39 is 5.82 Å². The first kappa shape index (κ1) is 19.1. The molecule has 3 rings (SSSR count). The minimum Gasteiger partial charge on any atom is -0.496 e. The number of anilines is 1. The maximum atomic E-state index is 13.4. The van der Waals surface area contributed by atoms with Crippen LogP contribution < -0.4 is 15.5 Å². The van der Waals surface area contributed by atoms with E-state index >= 15 is 0 Å². The Balaban J connectivity index is 0.000000316.